The zero-order chi connectivity index (χ0) is 13.1. The highest BCUT2D eigenvalue weighted by atomic mass is 35.5. The van der Waals surface area contributed by atoms with Crippen LogP contribution in [-0.2, 0) is 0 Å². The van der Waals surface area contributed by atoms with Gasteiger partial charge in [0.2, 0.25) is 0 Å². The summed E-state index contributed by atoms with van der Waals surface area (Å²) in [6.45, 7) is 0. The molecule has 0 radical (unpaired) electrons. The maximum atomic E-state index is 10.7. The Kier molecular flexibility index (Phi) is 3.69. The molecular weight excluding hydrogens is 274 g/mol. The molecular formula is C11H8ClN3O2S. The van der Waals surface area contributed by atoms with Crippen LogP contribution in [0.2, 0.25) is 5.02 Å². The maximum Gasteiger partial charge on any atom is 0.272 e. The number of pyridine rings is 1. The Bertz CT molecular complexity index is 589. The van der Waals surface area contributed by atoms with Crippen molar-refractivity contribution in [2.45, 2.75) is 9.92 Å². The first kappa shape index (κ1) is 12.7. The zero-order valence-corrected chi connectivity index (χ0v) is 10.6. The van der Waals surface area contributed by atoms with E-state index in [0.29, 0.717) is 20.6 Å². The summed E-state index contributed by atoms with van der Waals surface area (Å²) >= 11 is 7.01. The molecule has 0 amide bonds. The van der Waals surface area contributed by atoms with Crippen LogP contribution in [0.1, 0.15) is 0 Å². The summed E-state index contributed by atoms with van der Waals surface area (Å²) in [5.74, 6) is 0. The number of hydrogen-bond donors (Lipinski definition) is 1. The number of aromatic nitrogens is 1. The van der Waals surface area contributed by atoms with E-state index in [1.54, 1.807) is 18.2 Å². The molecule has 0 aliphatic carbocycles. The van der Waals surface area contributed by atoms with Gasteiger partial charge in [0.05, 0.1) is 9.95 Å². The van der Waals surface area contributed by atoms with E-state index in [1.165, 1.54) is 30.1 Å². The number of nitro groups is 1. The first-order valence-electron chi connectivity index (χ1n) is 4.89. The fourth-order valence-corrected chi connectivity index (χ4v) is 2.28. The minimum Gasteiger partial charge on any atom is -0.398 e. The van der Waals surface area contributed by atoms with E-state index in [4.69, 9.17) is 17.3 Å². The van der Waals surface area contributed by atoms with E-state index in [2.05, 4.69) is 4.98 Å². The van der Waals surface area contributed by atoms with Crippen LogP contribution in [0.5, 0.6) is 0 Å². The van der Waals surface area contributed by atoms with E-state index in [1.807, 2.05) is 0 Å². The predicted octanol–water partition coefficient (Wildman–Crippen LogP) is 3.38. The van der Waals surface area contributed by atoms with Crippen LogP contribution in [-0.4, -0.2) is 9.91 Å². The van der Waals surface area contributed by atoms with Crippen molar-refractivity contribution in [3.8, 4) is 0 Å². The van der Waals surface area contributed by atoms with Gasteiger partial charge in [-0.3, -0.25) is 10.1 Å². The van der Waals surface area contributed by atoms with Crippen LogP contribution in [0.4, 0.5) is 11.4 Å². The van der Waals surface area contributed by atoms with Gasteiger partial charge in [0.15, 0.2) is 0 Å². The van der Waals surface area contributed by atoms with Gasteiger partial charge >= 0.3 is 0 Å². The highest BCUT2D eigenvalue weighted by Gasteiger charge is 2.09. The Balaban J connectivity index is 2.28. The summed E-state index contributed by atoms with van der Waals surface area (Å²) in [5, 5.41) is 11.9. The number of benzene rings is 1. The molecule has 0 spiro atoms. The molecule has 2 rings (SSSR count). The summed E-state index contributed by atoms with van der Waals surface area (Å²) < 4.78 is 0. The smallest absolute Gasteiger partial charge is 0.272 e. The van der Waals surface area contributed by atoms with E-state index in [0.717, 1.165) is 0 Å². The molecule has 1 aromatic heterocycles. The van der Waals surface area contributed by atoms with Crippen molar-refractivity contribution < 1.29 is 4.92 Å². The molecule has 2 aromatic rings. The highest BCUT2D eigenvalue weighted by Crippen LogP contribution is 2.31. The SMILES string of the molecule is Nc1cc(Sc2ccc(Cl)cn2)cc([N+](=O)[O-])c1. The van der Waals surface area contributed by atoms with E-state index >= 15 is 0 Å². The Hall–Kier alpha value is -1.79. The summed E-state index contributed by atoms with van der Waals surface area (Å²) in [5.41, 5.74) is 5.93. The normalized spacial score (nSPS) is 10.3. The molecule has 0 atom stereocenters. The molecule has 0 saturated carbocycles. The Morgan fingerprint density at radius 1 is 1.33 bits per heavy atom. The first-order chi connectivity index (χ1) is 8.54. The van der Waals surface area contributed by atoms with Gasteiger partial charge in [-0.1, -0.05) is 23.4 Å². The summed E-state index contributed by atoms with van der Waals surface area (Å²) in [7, 11) is 0. The maximum absolute atomic E-state index is 10.7. The third-order valence-electron chi connectivity index (χ3n) is 2.05. The number of non-ortho nitro benzene ring substituents is 1. The van der Waals surface area contributed by atoms with Crippen molar-refractivity contribution >= 4 is 34.7 Å². The Labute approximate surface area is 112 Å². The average molecular weight is 282 g/mol. The van der Waals surface area contributed by atoms with Crippen molar-refractivity contribution in [3.63, 3.8) is 0 Å². The van der Waals surface area contributed by atoms with E-state index in [-0.39, 0.29) is 5.69 Å². The number of nitrogens with two attached hydrogens (primary N) is 1. The van der Waals surface area contributed by atoms with Gasteiger partial charge in [-0.2, -0.15) is 0 Å². The molecule has 1 aromatic carbocycles. The first-order valence-corrected chi connectivity index (χ1v) is 6.08. The third-order valence-corrected chi connectivity index (χ3v) is 3.19. The van der Waals surface area contributed by atoms with Gasteiger partial charge in [-0.05, 0) is 18.2 Å². The molecule has 0 fully saturated rings. The number of nitrogen functional groups attached to an aromatic ring is 1. The molecule has 5 nitrogen and oxygen atoms in total. The van der Waals surface area contributed by atoms with Gasteiger partial charge in [0, 0.05) is 28.9 Å². The fourth-order valence-electron chi connectivity index (χ4n) is 1.31. The number of rotatable bonds is 3. The topological polar surface area (TPSA) is 82.0 Å². The van der Waals surface area contributed by atoms with Gasteiger partial charge in [0.1, 0.15) is 5.03 Å². The van der Waals surface area contributed by atoms with Gasteiger partial charge in [0.25, 0.3) is 5.69 Å². The summed E-state index contributed by atoms with van der Waals surface area (Å²) in [6.07, 6.45) is 1.52. The fraction of sp³-hybridized carbons (Fsp3) is 0. The molecule has 7 heteroatoms. The largest absolute Gasteiger partial charge is 0.398 e. The van der Waals surface area contributed by atoms with Crippen molar-refractivity contribution in [1.82, 2.24) is 4.98 Å². The number of nitrogens with zero attached hydrogens (tertiary/aromatic N) is 2. The second-order valence-corrected chi connectivity index (χ2v) is 4.96. The van der Waals surface area contributed by atoms with Crippen molar-refractivity contribution in [3.05, 3.63) is 51.7 Å². The minimum absolute atomic E-state index is 0.0357. The lowest BCUT2D eigenvalue weighted by molar-refractivity contribution is -0.385. The molecule has 0 aliphatic heterocycles. The molecule has 92 valence electrons. The Morgan fingerprint density at radius 3 is 2.72 bits per heavy atom. The monoisotopic (exact) mass is 281 g/mol. The number of anilines is 1. The van der Waals surface area contributed by atoms with Crippen LogP contribution in [0.3, 0.4) is 0 Å². The van der Waals surface area contributed by atoms with E-state index in [9.17, 15) is 10.1 Å². The second-order valence-electron chi connectivity index (χ2n) is 3.43. The minimum atomic E-state index is -0.476. The van der Waals surface area contributed by atoms with Crippen LogP contribution >= 0.6 is 23.4 Å². The second kappa shape index (κ2) is 5.24. The predicted molar refractivity (Wildman–Crippen MR) is 70.9 cm³/mol. The number of halogens is 1. The lowest BCUT2D eigenvalue weighted by Crippen LogP contribution is -1.92. The van der Waals surface area contributed by atoms with Gasteiger partial charge in [-0.15, -0.1) is 0 Å². The van der Waals surface area contributed by atoms with Crippen molar-refractivity contribution in [1.29, 1.82) is 0 Å². The standard InChI is InChI=1S/C11H8ClN3O2S/c12-7-1-2-11(14-6-7)18-10-4-8(13)3-9(5-10)15(16)17/h1-6H,13H2. The van der Waals surface area contributed by atoms with Crippen molar-refractivity contribution in [2.24, 2.45) is 0 Å². The van der Waals surface area contributed by atoms with Crippen LogP contribution in [0, 0.1) is 10.1 Å². The molecule has 0 aliphatic rings. The average Bonchev–Trinajstić information content (AvgIpc) is 2.31. The molecule has 0 bridgehead atoms. The van der Waals surface area contributed by atoms with Crippen LogP contribution in [0.15, 0.2) is 46.5 Å². The van der Waals surface area contributed by atoms with E-state index < -0.39 is 4.92 Å². The van der Waals surface area contributed by atoms with Crippen molar-refractivity contribution in [2.75, 3.05) is 5.73 Å². The highest BCUT2D eigenvalue weighted by molar-refractivity contribution is 7.99. The molecule has 1 heterocycles. The van der Waals surface area contributed by atoms with Gasteiger partial charge < -0.3 is 5.73 Å². The van der Waals surface area contributed by atoms with Crippen LogP contribution in [0.25, 0.3) is 0 Å². The van der Waals surface area contributed by atoms with Crippen LogP contribution < -0.4 is 5.73 Å². The van der Waals surface area contributed by atoms with Gasteiger partial charge in [-0.25, -0.2) is 4.98 Å². The molecule has 2 N–H and O–H groups in total. The molecule has 0 unspecified atom stereocenters. The quantitative estimate of drug-likeness (QED) is 0.530. The molecule has 0 saturated heterocycles. The summed E-state index contributed by atoms with van der Waals surface area (Å²) in [4.78, 5) is 15.0. The zero-order valence-electron chi connectivity index (χ0n) is 9.04. The summed E-state index contributed by atoms with van der Waals surface area (Å²) in [6, 6.07) is 7.88. The lowest BCUT2D eigenvalue weighted by atomic mass is 10.3. The molecule has 18 heavy (non-hydrogen) atoms. The lowest BCUT2D eigenvalue weighted by Gasteiger charge is -2.02. The number of nitro benzene ring substituents is 1. The Morgan fingerprint density at radius 2 is 2.11 bits per heavy atom. The third kappa shape index (κ3) is 3.12. The number of hydrogen-bond acceptors (Lipinski definition) is 5.